The normalized spacial score (nSPS) is 24.7. The lowest BCUT2D eigenvalue weighted by molar-refractivity contribution is 0.144. The first-order chi connectivity index (χ1) is 8.60. The van der Waals surface area contributed by atoms with Crippen LogP contribution >= 0.6 is 0 Å². The molecule has 1 aliphatic rings. The molecule has 0 aliphatic carbocycles. The number of aromatic nitrogens is 1. The molecule has 1 fully saturated rings. The van der Waals surface area contributed by atoms with Gasteiger partial charge < -0.3 is 4.74 Å². The summed E-state index contributed by atoms with van der Waals surface area (Å²) in [4.78, 5) is 6.67. The van der Waals surface area contributed by atoms with Gasteiger partial charge in [-0.2, -0.15) is 0 Å². The van der Waals surface area contributed by atoms with Gasteiger partial charge >= 0.3 is 0 Å². The third-order valence-electron chi connectivity index (χ3n) is 3.83. The van der Waals surface area contributed by atoms with Crippen LogP contribution in [0, 0.1) is 18.8 Å². The summed E-state index contributed by atoms with van der Waals surface area (Å²) in [6.07, 6.45) is 3.98. The fourth-order valence-electron chi connectivity index (χ4n) is 2.67. The second-order valence-electron chi connectivity index (χ2n) is 5.61. The maximum absolute atomic E-state index is 6.16. The SMILES string of the molecule is CCN1CC(Oc2cncc(C)c2)C(C(C)C)C1. The van der Waals surface area contributed by atoms with Gasteiger partial charge in [-0.25, -0.2) is 0 Å². The van der Waals surface area contributed by atoms with Crippen molar-refractivity contribution in [2.24, 2.45) is 11.8 Å². The van der Waals surface area contributed by atoms with Crippen molar-refractivity contribution in [1.82, 2.24) is 9.88 Å². The number of hydrogen-bond acceptors (Lipinski definition) is 3. The van der Waals surface area contributed by atoms with Gasteiger partial charge in [-0.05, 0) is 31.0 Å². The van der Waals surface area contributed by atoms with Crippen molar-refractivity contribution in [2.75, 3.05) is 19.6 Å². The third-order valence-corrected chi connectivity index (χ3v) is 3.83. The van der Waals surface area contributed by atoms with Crippen LogP contribution in [-0.2, 0) is 0 Å². The summed E-state index contributed by atoms with van der Waals surface area (Å²) in [5.74, 6) is 2.18. The Morgan fingerprint density at radius 3 is 2.78 bits per heavy atom. The fourth-order valence-corrected chi connectivity index (χ4v) is 2.67. The van der Waals surface area contributed by atoms with E-state index in [0.29, 0.717) is 17.9 Å². The van der Waals surface area contributed by atoms with Crippen LogP contribution in [0.15, 0.2) is 18.5 Å². The topological polar surface area (TPSA) is 25.4 Å². The van der Waals surface area contributed by atoms with Gasteiger partial charge in [0.15, 0.2) is 0 Å². The molecule has 0 saturated carbocycles. The summed E-state index contributed by atoms with van der Waals surface area (Å²) >= 11 is 0. The molecular weight excluding hydrogens is 224 g/mol. The quantitative estimate of drug-likeness (QED) is 0.819. The average Bonchev–Trinajstić information content (AvgIpc) is 2.72. The van der Waals surface area contributed by atoms with Crippen LogP contribution in [-0.4, -0.2) is 35.6 Å². The van der Waals surface area contributed by atoms with Gasteiger partial charge in [0.05, 0.1) is 6.20 Å². The molecule has 0 radical (unpaired) electrons. The molecule has 2 heterocycles. The largest absolute Gasteiger partial charge is 0.487 e. The van der Waals surface area contributed by atoms with E-state index in [0.717, 1.165) is 30.9 Å². The molecule has 2 unspecified atom stereocenters. The van der Waals surface area contributed by atoms with Gasteiger partial charge in [0.1, 0.15) is 11.9 Å². The first-order valence-corrected chi connectivity index (χ1v) is 6.90. The zero-order chi connectivity index (χ0) is 13.1. The smallest absolute Gasteiger partial charge is 0.138 e. The average molecular weight is 248 g/mol. The lowest BCUT2D eigenvalue weighted by atomic mass is 9.93. The van der Waals surface area contributed by atoms with E-state index in [1.807, 2.05) is 19.3 Å². The van der Waals surface area contributed by atoms with E-state index in [1.54, 1.807) is 0 Å². The minimum atomic E-state index is 0.300. The van der Waals surface area contributed by atoms with Crippen molar-refractivity contribution in [2.45, 2.75) is 33.8 Å². The predicted octanol–water partition coefficient (Wildman–Crippen LogP) is 2.75. The molecule has 0 amide bonds. The van der Waals surface area contributed by atoms with Crippen LogP contribution in [0.5, 0.6) is 5.75 Å². The van der Waals surface area contributed by atoms with E-state index in [4.69, 9.17) is 4.74 Å². The summed E-state index contributed by atoms with van der Waals surface area (Å²) in [7, 11) is 0. The molecule has 1 aliphatic heterocycles. The summed E-state index contributed by atoms with van der Waals surface area (Å²) in [5.41, 5.74) is 1.15. The first kappa shape index (κ1) is 13.3. The van der Waals surface area contributed by atoms with E-state index in [9.17, 15) is 0 Å². The maximum Gasteiger partial charge on any atom is 0.138 e. The van der Waals surface area contributed by atoms with Crippen molar-refractivity contribution in [1.29, 1.82) is 0 Å². The number of hydrogen-bond donors (Lipinski definition) is 0. The fraction of sp³-hybridized carbons (Fsp3) is 0.667. The zero-order valence-corrected chi connectivity index (χ0v) is 11.9. The van der Waals surface area contributed by atoms with Crippen LogP contribution in [0.25, 0.3) is 0 Å². The van der Waals surface area contributed by atoms with Crippen LogP contribution < -0.4 is 4.74 Å². The second kappa shape index (κ2) is 5.70. The van der Waals surface area contributed by atoms with E-state index < -0.39 is 0 Å². The monoisotopic (exact) mass is 248 g/mol. The number of rotatable bonds is 4. The van der Waals surface area contributed by atoms with Crippen molar-refractivity contribution in [3.63, 3.8) is 0 Å². The van der Waals surface area contributed by atoms with E-state index in [1.165, 1.54) is 0 Å². The highest BCUT2D eigenvalue weighted by Gasteiger charge is 2.35. The molecule has 1 aromatic rings. The Morgan fingerprint density at radius 1 is 1.39 bits per heavy atom. The van der Waals surface area contributed by atoms with Crippen LogP contribution in [0.1, 0.15) is 26.3 Å². The maximum atomic E-state index is 6.16. The highest BCUT2D eigenvalue weighted by atomic mass is 16.5. The Balaban J connectivity index is 2.07. The Bertz CT molecular complexity index is 392. The zero-order valence-electron chi connectivity index (χ0n) is 11.9. The highest BCUT2D eigenvalue weighted by molar-refractivity contribution is 5.22. The Hall–Kier alpha value is -1.09. The van der Waals surface area contributed by atoms with Crippen molar-refractivity contribution >= 4 is 0 Å². The second-order valence-corrected chi connectivity index (χ2v) is 5.61. The number of likely N-dealkylation sites (N-methyl/N-ethyl adjacent to an activating group) is 1. The minimum Gasteiger partial charge on any atom is -0.487 e. The number of pyridine rings is 1. The van der Waals surface area contributed by atoms with Gasteiger partial charge in [-0.15, -0.1) is 0 Å². The molecule has 100 valence electrons. The Labute approximate surface area is 110 Å². The van der Waals surface area contributed by atoms with E-state index in [-0.39, 0.29) is 0 Å². The molecule has 0 bridgehead atoms. The number of ether oxygens (including phenoxy) is 1. The summed E-state index contributed by atoms with van der Waals surface area (Å²) in [6.45, 7) is 12.1. The van der Waals surface area contributed by atoms with Gasteiger partial charge in [-0.1, -0.05) is 20.8 Å². The number of likely N-dealkylation sites (tertiary alicyclic amines) is 1. The molecule has 0 spiro atoms. The molecule has 3 nitrogen and oxygen atoms in total. The molecule has 18 heavy (non-hydrogen) atoms. The summed E-state index contributed by atoms with van der Waals surface area (Å²) in [5, 5.41) is 0. The van der Waals surface area contributed by atoms with Crippen LogP contribution in [0.2, 0.25) is 0 Å². The number of aryl methyl sites for hydroxylation is 1. The number of nitrogens with zero attached hydrogens (tertiary/aromatic N) is 2. The molecule has 3 heteroatoms. The van der Waals surface area contributed by atoms with Crippen molar-refractivity contribution in [3.8, 4) is 5.75 Å². The molecule has 0 N–H and O–H groups in total. The third kappa shape index (κ3) is 3.02. The van der Waals surface area contributed by atoms with Gasteiger partial charge in [0, 0.05) is 25.2 Å². The minimum absolute atomic E-state index is 0.300. The molecule has 0 aromatic carbocycles. The van der Waals surface area contributed by atoms with Gasteiger partial charge in [0.25, 0.3) is 0 Å². The van der Waals surface area contributed by atoms with E-state index in [2.05, 4.69) is 36.7 Å². The summed E-state index contributed by atoms with van der Waals surface area (Å²) in [6, 6.07) is 2.07. The Morgan fingerprint density at radius 2 is 2.17 bits per heavy atom. The molecule has 2 atom stereocenters. The Kier molecular flexibility index (Phi) is 4.23. The van der Waals surface area contributed by atoms with E-state index >= 15 is 0 Å². The first-order valence-electron chi connectivity index (χ1n) is 6.90. The molecular formula is C15H24N2O. The van der Waals surface area contributed by atoms with Gasteiger partial charge in [0.2, 0.25) is 0 Å². The van der Waals surface area contributed by atoms with Crippen LogP contribution in [0.3, 0.4) is 0 Å². The standard InChI is InChI=1S/C15H24N2O/c1-5-17-9-14(11(2)3)15(10-17)18-13-6-12(4)7-16-8-13/h6-8,11,14-15H,5,9-10H2,1-4H3. The molecule has 1 saturated heterocycles. The summed E-state index contributed by atoms with van der Waals surface area (Å²) < 4.78 is 6.16. The lowest BCUT2D eigenvalue weighted by Crippen LogP contribution is -2.29. The molecule has 2 rings (SSSR count). The van der Waals surface area contributed by atoms with Crippen LogP contribution in [0.4, 0.5) is 0 Å². The van der Waals surface area contributed by atoms with Gasteiger partial charge in [-0.3, -0.25) is 9.88 Å². The highest BCUT2D eigenvalue weighted by Crippen LogP contribution is 2.28. The predicted molar refractivity (Wildman–Crippen MR) is 73.8 cm³/mol. The molecule has 1 aromatic heterocycles. The van der Waals surface area contributed by atoms with Crippen molar-refractivity contribution in [3.05, 3.63) is 24.0 Å². The van der Waals surface area contributed by atoms with Crippen molar-refractivity contribution < 1.29 is 4.74 Å². The lowest BCUT2D eigenvalue weighted by Gasteiger charge is -2.23.